The van der Waals surface area contributed by atoms with Crippen LogP contribution in [-0.2, 0) is 9.59 Å². The van der Waals surface area contributed by atoms with E-state index in [1.54, 1.807) is 25.3 Å². The lowest BCUT2D eigenvalue weighted by atomic mass is 10.1. The number of nitrogens with one attached hydrogen (secondary N) is 1. The van der Waals surface area contributed by atoms with Crippen LogP contribution in [0.15, 0.2) is 42.0 Å². The van der Waals surface area contributed by atoms with Crippen LogP contribution in [0, 0.1) is 17.4 Å². The fourth-order valence-electron chi connectivity index (χ4n) is 2.70. The van der Waals surface area contributed by atoms with Crippen molar-refractivity contribution in [2.45, 2.75) is 13.8 Å². The van der Waals surface area contributed by atoms with Crippen LogP contribution in [0.2, 0.25) is 0 Å². The van der Waals surface area contributed by atoms with E-state index in [9.17, 15) is 9.59 Å². The Morgan fingerprint density at radius 3 is 2.48 bits per heavy atom. The van der Waals surface area contributed by atoms with Crippen LogP contribution in [0.3, 0.4) is 0 Å². The largest absolute Gasteiger partial charge is 0.496 e. The molecule has 138 valence electrons. The Morgan fingerprint density at radius 1 is 1.11 bits per heavy atom. The molecule has 0 bridgehead atoms. The van der Waals surface area contributed by atoms with Crippen molar-refractivity contribution < 1.29 is 14.3 Å². The minimum absolute atomic E-state index is 0.0304. The maximum Gasteiger partial charge on any atom is 0.270 e. The molecule has 1 aliphatic heterocycles. The maximum absolute atomic E-state index is 13.0. The van der Waals surface area contributed by atoms with E-state index in [2.05, 4.69) is 27.9 Å². The molecule has 0 saturated carbocycles. The number of thiocarbonyl (C=S) groups is 1. The number of hydrogen-bond donors (Lipinski definition) is 1. The van der Waals surface area contributed by atoms with Gasteiger partial charge in [-0.3, -0.25) is 19.8 Å². The zero-order valence-corrected chi connectivity index (χ0v) is 18.0. The molecular weight excluding hydrogens is 475 g/mol. The smallest absolute Gasteiger partial charge is 0.270 e. The quantitative estimate of drug-likeness (QED) is 0.307. The van der Waals surface area contributed by atoms with E-state index in [0.717, 1.165) is 26.0 Å². The minimum Gasteiger partial charge on any atom is -0.496 e. The van der Waals surface area contributed by atoms with Crippen molar-refractivity contribution in [1.82, 2.24) is 5.32 Å². The van der Waals surface area contributed by atoms with Crippen LogP contribution in [0.5, 0.6) is 5.75 Å². The summed E-state index contributed by atoms with van der Waals surface area (Å²) in [6.07, 6.45) is 1.56. The summed E-state index contributed by atoms with van der Waals surface area (Å²) < 4.78 is 6.13. The van der Waals surface area contributed by atoms with Crippen molar-refractivity contribution in [3.63, 3.8) is 0 Å². The van der Waals surface area contributed by atoms with Gasteiger partial charge in [0.2, 0.25) is 0 Å². The molecule has 0 radical (unpaired) electrons. The molecule has 0 atom stereocenters. The van der Waals surface area contributed by atoms with Gasteiger partial charge < -0.3 is 4.74 Å². The van der Waals surface area contributed by atoms with E-state index in [1.807, 2.05) is 38.1 Å². The van der Waals surface area contributed by atoms with Crippen LogP contribution >= 0.6 is 34.8 Å². The first-order valence-electron chi connectivity index (χ1n) is 8.14. The zero-order valence-electron chi connectivity index (χ0n) is 15.0. The van der Waals surface area contributed by atoms with Crippen molar-refractivity contribution in [3.8, 4) is 5.75 Å². The standard InChI is InChI=1S/C20H17IN2O3S/c1-11-4-6-14(8-12(11)2)23-19(25)15(18(24)22-20(23)27)9-13-5-7-17(26-3)16(21)10-13/h4-10H,1-3H3,(H,22,24,27). The average molecular weight is 492 g/mol. The summed E-state index contributed by atoms with van der Waals surface area (Å²) in [7, 11) is 1.59. The van der Waals surface area contributed by atoms with E-state index in [4.69, 9.17) is 17.0 Å². The van der Waals surface area contributed by atoms with Gasteiger partial charge in [-0.05, 0) is 95.7 Å². The van der Waals surface area contributed by atoms with Gasteiger partial charge in [-0.2, -0.15) is 0 Å². The van der Waals surface area contributed by atoms with Crippen LogP contribution in [0.25, 0.3) is 6.08 Å². The van der Waals surface area contributed by atoms with E-state index < -0.39 is 11.8 Å². The highest BCUT2D eigenvalue weighted by molar-refractivity contribution is 14.1. The maximum atomic E-state index is 13.0. The topological polar surface area (TPSA) is 58.6 Å². The van der Waals surface area contributed by atoms with Gasteiger partial charge in [-0.15, -0.1) is 0 Å². The van der Waals surface area contributed by atoms with Crippen molar-refractivity contribution in [1.29, 1.82) is 0 Å². The van der Waals surface area contributed by atoms with Gasteiger partial charge >= 0.3 is 0 Å². The molecule has 2 aromatic rings. The van der Waals surface area contributed by atoms with Crippen molar-refractivity contribution >= 4 is 63.5 Å². The predicted molar refractivity (Wildman–Crippen MR) is 118 cm³/mol. The molecule has 0 aromatic heterocycles. The number of carbonyl (C=O) groups excluding carboxylic acids is 2. The molecule has 1 fully saturated rings. The van der Waals surface area contributed by atoms with Crippen molar-refractivity contribution in [2.75, 3.05) is 12.0 Å². The molecule has 3 rings (SSSR count). The number of halogens is 1. The van der Waals surface area contributed by atoms with Gasteiger partial charge in [0.15, 0.2) is 5.11 Å². The molecule has 7 heteroatoms. The van der Waals surface area contributed by atoms with Gasteiger partial charge in [-0.25, -0.2) is 0 Å². The lowest BCUT2D eigenvalue weighted by Gasteiger charge is -2.29. The number of rotatable bonds is 3. The molecule has 0 spiro atoms. The summed E-state index contributed by atoms with van der Waals surface area (Å²) in [5.41, 5.74) is 3.54. The summed E-state index contributed by atoms with van der Waals surface area (Å²) in [6, 6.07) is 11.1. The van der Waals surface area contributed by atoms with Gasteiger partial charge in [0.05, 0.1) is 16.4 Å². The monoisotopic (exact) mass is 492 g/mol. The second kappa shape index (κ2) is 7.77. The van der Waals surface area contributed by atoms with Crippen molar-refractivity contribution in [2.24, 2.45) is 0 Å². The van der Waals surface area contributed by atoms with Crippen LogP contribution in [-0.4, -0.2) is 24.0 Å². The highest BCUT2D eigenvalue weighted by Crippen LogP contribution is 2.26. The number of nitrogens with zero attached hydrogens (tertiary/aromatic N) is 1. The molecule has 5 nitrogen and oxygen atoms in total. The molecule has 0 aliphatic carbocycles. The molecule has 1 heterocycles. The number of anilines is 1. The Bertz CT molecular complexity index is 1000. The molecular formula is C20H17IN2O3S. The average Bonchev–Trinajstić information content (AvgIpc) is 2.61. The minimum atomic E-state index is -0.504. The van der Waals surface area contributed by atoms with Gasteiger partial charge in [-0.1, -0.05) is 12.1 Å². The van der Waals surface area contributed by atoms with E-state index in [0.29, 0.717) is 5.69 Å². The Balaban J connectivity index is 2.01. The SMILES string of the molecule is COc1ccc(C=C2C(=O)NC(=S)N(c3ccc(C)c(C)c3)C2=O)cc1I. The highest BCUT2D eigenvalue weighted by atomic mass is 127. The summed E-state index contributed by atoms with van der Waals surface area (Å²) in [4.78, 5) is 26.8. The van der Waals surface area contributed by atoms with Crippen LogP contribution < -0.4 is 15.0 Å². The fraction of sp³-hybridized carbons (Fsp3) is 0.150. The normalized spacial score (nSPS) is 15.9. The molecule has 2 aromatic carbocycles. The number of benzene rings is 2. The van der Waals surface area contributed by atoms with E-state index in [1.165, 1.54) is 4.90 Å². The number of hydrogen-bond acceptors (Lipinski definition) is 4. The molecule has 1 N–H and O–H groups in total. The Morgan fingerprint density at radius 2 is 1.85 bits per heavy atom. The first-order chi connectivity index (χ1) is 12.8. The fourth-order valence-corrected chi connectivity index (χ4v) is 3.74. The zero-order chi connectivity index (χ0) is 19.7. The van der Waals surface area contributed by atoms with Gasteiger partial charge in [0.25, 0.3) is 11.8 Å². The third-order valence-electron chi connectivity index (χ3n) is 4.34. The van der Waals surface area contributed by atoms with E-state index in [-0.39, 0.29) is 10.7 Å². The number of aryl methyl sites for hydroxylation is 2. The first-order valence-corrected chi connectivity index (χ1v) is 9.62. The number of ether oxygens (including phenoxy) is 1. The number of methoxy groups -OCH3 is 1. The molecule has 27 heavy (non-hydrogen) atoms. The van der Waals surface area contributed by atoms with E-state index >= 15 is 0 Å². The first kappa shape index (κ1) is 19.5. The summed E-state index contributed by atoms with van der Waals surface area (Å²) in [5, 5.41) is 2.68. The molecule has 1 saturated heterocycles. The summed E-state index contributed by atoms with van der Waals surface area (Å²) in [6.45, 7) is 3.96. The second-order valence-corrected chi connectivity index (χ2v) is 7.67. The Labute approximate surface area is 176 Å². The number of amides is 2. The lowest BCUT2D eigenvalue weighted by Crippen LogP contribution is -2.54. The molecule has 0 unspecified atom stereocenters. The predicted octanol–water partition coefficient (Wildman–Crippen LogP) is 3.75. The van der Waals surface area contributed by atoms with Gasteiger partial charge in [0.1, 0.15) is 11.3 Å². The molecule has 2 amide bonds. The Hall–Kier alpha value is -2.26. The lowest BCUT2D eigenvalue weighted by molar-refractivity contribution is -0.122. The third kappa shape index (κ3) is 3.89. The Kier molecular flexibility index (Phi) is 5.61. The third-order valence-corrected chi connectivity index (χ3v) is 5.46. The second-order valence-electron chi connectivity index (χ2n) is 6.12. The number of carbonyl (C=O) groups is 2. The van der Waals surface area contributed by atoms with Crippen LogP contribution in [0.1, 0.15) is 16.7 Å². The van der Waals surface area contributed by atoms with Crippen LogP contribution in [0.4, 0.5) is 5.69 Å². The van der Waals surface area contributed by atoms with Crippen molar-refractivity contribution in [3.05, 3.63) is 62.2 Å². The summed E-state index contributed by atoms with van der Waals surface area (Å²) >= 11 is 7.38. The summed E-state index contributed by atoms with van der Waals surface area (Å²) in [5.74, 6) is -0.219. The molecule has 1 aliphatic rings. The van der Waals surface area contributed by atoms with Gasteiger partial charge in [0, 0.05) is 0 Å². The highest BCUT2D eigenvalue weighted by Gasteiger charge is 2.34.